The number of hydrogen-bond donors (Lipinski definition) is 0. The number of imidazole rings is 1. The largest absolute Gasteiger partial charge is 0.299 e. The number of benzene rings is 2. The third kappa shape index (κ3) is 1.80. The van der Waals surface area contributed by atoms with Gasteiger partial charge in [-0.15, -0.1) is 0 Å². The van der Waals surface area contributed by atoms with E-state index >= 15 is 0 Å². The van der Waals surface area contributed by atoms with Gasteiger partial charge in [-0.05, 0) is 61.7 Å². The predicted molar refractivity (Wildman–Crippen MR) is 75.3 cm³/mol. The third-order valence-electron chi connectivity index (χ3n) is 3.19. The monoisotopic (exact) mass is 236 g/mol. The number of aryl methyl sites for hydroxylation is 3. The Morgan fingerprint density at radius 3 is 2.28 bits per heavy atom. The summed E-state index contributed by atoms with van der Waals surface area (Å²) in [5, 5.41) is 0. The van der Waals surface area contributed by atoms with Crippen LogP contribution in [0.15, 0.2) is 42.7 Å². The van der Waals surface area contributed by atoms with Gasteiger partial charge < -0.3 is 0 Å². The van der Waals surface area contributed by atoms with E-state index in [2.05, 4.69) is 66.7 Å². The van der Waals surface area contributed by atoms with Crippen LogP contribution in [-0.4, -0.2) is 9.55 Å². The first kappa shape index (κ1) is 11.0. The highest BCUT2D eigenvalue weighted by molar-refractivity contribution is 5.78. The lowest BCUT2D eigenvalue weighted by Gasteiger charge is -2.07. The molecule has 0 spiro atoms. The molecule has 0 unspecified atom stereocenters. The van der Waals surface area contributed by atoms with Crippen molar-refractivity contribution in [3.63, 3.8) is 0 Å². The van der Waals surface area contributed by atoms with Crippen LogP contribution in [0, 0.1) is 20.8 Å². The highest BCUT2D eigenvalue weighted by atomic mass is 15.0. The van der Waals surface area contributed by atoms with Crippen molar-refractivity contribution in [1.29, 1.82) is 0 Å². The molecule has 2 aromatic carbocycles. The van der Waals surface area contributed by atoms with Crippen LogP contribution in [0.5, 0.6) is 0 Å². The molecule has 0 aliphatic heterocycles. The molecule has 0 N–H and O–H groups in total. The number of hydrogen-bond acceptors (Lipinski definition) is 1. The van der Waals surface area contributed by atoms with Crippen molar-refractivity contribution in [3.05, 3.63) is 59.4 Å². The van der Waals surface area contributed by atoms with Crippen molar-refractivity contribution in [2.45, 2.75) is 20.8 Å². The Morgan fingerprint density at radius 2 is 1.56 bits per heavy atom. The quantitative estimate of drug-likeness (QED) is 0.625. The molecule has 0 saturated heterocycles. The molecule has 18 heavy (non-hydrogen) atoms. The van der Waals surface area contributed by atoms with E-state index in [1.165, 1.54) is 22.4 Å². The maximum atomic E-state index is 4.48. The minimum absolute atomic E-state index is 1.05. The van der Waals surface area contributed by atoms with E-state index in [0.29, 0.717) is 0 Å². The highest BCUT2D eigenvalue weighted by Crippen LogP contribution is 2.21. The number of fused-ring (bicyclic) bond motifs is 1. The lowest BCUT2D eigenvalue weighted by Crippen LogP contribution is -1.93. The van der Waals surface area contributed by atoms with Gasteiger partial charge >= 0.3 is 0 Å². The van der Waals surface area contributed by atoms with E-state index < -0.39 is 0 Å². The molecule has 1 heterocycles. The van der Waals surface area contributed by atoms with Crippen molar-refractivity contribution < 1.29 is 0 Å². The minimum atomic E-state index is 1.05. The Hall–Kier alpha value is -2.09. The van der Waals surface area contributed by atoms with Crippen molar-refractivity contribution >= 4 is 11.0 Å². The summed E-state index contributed by atoms with van der Waals surface area (Å²) in [6.45, 7) is 6.34. The second-order valence-electron chi connectivity index (χ2n) is 4.95. The van der Waals surface area contributed by atoms with E-state index in [4.69, 9.17) is 0 Å². The summed E-state index contributed by atoms with van der Waals surface area (Å²) in [6, 6.07) is 12.9. The zero-order valence-corrected chi connectivity index (χ0v) is 10.9. The summed E-state index contributed by atoms with van der Waals surface area (Å²) >= 11 is 0. The van der Waals surface area contributed by atoms with Gasteiger partial charge in [0.2, 0.25) is 0 Å². The van der Waals surface area contributed by atoms with Gasteiger partial charge in [-0.2, -0.15) is 0 Å². The second-order valence-corrected chi connectivity index (χ2v) is 4.95. The Kier molecular flexibility index (Phi) is 2.44. The second kappa shape index (κ2) is 3.98. The summed E-state index contributed by atoms with van der Waals surface area (Å²) in [7, 11) is 0. The smallest absolute Gasteiger partial charge is 0.100 e. The van der Waals surface area contributed by atoms with Crippen LogP contribution in [-0.2, 0) is 0 Å². The van der Waals surface area contributed by atoms with Crippen molar-refractivity contribution in [2.75, 3.05) is 0 Å². The standard InChI is InChI=1S/C16H16N2/c1-11-4-5-16-15(9-11)17-10-18(16)14-7-12(2)6-13(3)8-14/h4-10H,1-3H3. The molecule has 90 valence electrons. The molecule has 0 fully saturated rings. The molecular formula is C16H16N2. The van der Waals surface area contributed by atoms with Crippen LogP contribution in [0.2, 0.25) is 0 Å². The lowest BCUT2D eigenvalue weighted by atomic mass is 10.1. The summed E-state index contributed by atoms with van der Waals surface area (Å²) in [6.07, 6.45) is 1.90. The topological polar surface area (TPSA) is 17.8 Å². The molecule has 0 bridgehead atoms. The maximum absolute atomic E-state index is 4.48. The van der Waals surface area contributed by atoms with E-state index in [-0.39, 0.29) is 0 Å². The van der Waals surface area contributed by atoms with E-state index in [9.17, 15) is 0 Å². The molecule has 3 aromatic rings. The highest BCUT2D eigenvalue weighted by Gasteiger charge is 2.05. The minimum Gasteiger partial charge on any atom is -0.299 e. The zero-order chi connectivity index (χ0) is 12.7. The van der Waals surface area contributed by atoms with Crippen LogP contribution >= 0.6 is 0 Å². The molecule has 0 amide bonds. The summed E-state index contributed by atoms with van der Waals surface area (Å²) < 4.78 is 2.15. The van der Waals surface area contributed by atoms with Gasteiger partial charge in [-0.3, -0.25) is 4.57 Å². The SMILES string of the molecule is Cc1cc(C)cc(-n2cnc3cc(C)ccc32)c1. The number of rotatable bonds is 1. The molecule has 0 aliphatic carbocycles. The predicted octanol–water partition coefficient (Wildman–Crippen LogP) is 3.95. The normalized spacial score (nSPS) is 11.1. The molecule has 0 radical (unpaired) electrons. The average molecular weight is 236 g/mol. The molecule has 0 saturated carbocycles. The summed E-state index contributed by atoms with van der Waals surface area (Å²) in [4.78, 5) is 4.48. The molecule has 3 rings (SSSR count). The molecule has 1 aromatic heterocycles. The van der Waals surface area contributed by atoms with E-state index in [1.807, 2.05) is 6.33 Å². The Balaban J connectivity index is 2.25. The van der Waals surface area contributed by atoms with E-state index in [1.54, 1.807) is 0 Å². The Bertz CT molecular complexity index is 703. The molecule has 0 aliphatic rings. The first-order chi connectivity index (χ1) is 8.63. The molecule has 2 heteroatoms. The molecular weight excluding hydrogens is 220 g/mol. The first-order valence-electron chi connectivity index (χ1n) is 6.16. The Morgan fingerprint density at radius 1 is 0.833 bits per heavy atom. The lowest BCUT2D eigenvalue weighted by molar-refractivity contribution is 1.08. The van der Waals surface area contributed by atoms with Gasteiger partial charge in [0.1, 0.15) is 6.33 Å². The average Bonchev–Trinajstić information content (AvgIpc) is 2.70. The first-order valence-corrected chi connectivity index (χ1v) is 6.16. The fraction of sp³-hybridized carbons (Fsp3) is 0.188. The van der Waals surface area contributed by atoms with E-state index in [0.717, 1.165) is 11.0 Å². The maximum Gasteiger partial charge on any atom is 0.100 e. The van der Waals surface area contributed by atoms with Crippen molar-refractivity contribution in [1.82, 2.24) is 9.55 Å². The number of aromatic nitrogens is 2. The molecule has 0 atom stereocenters. The van der Waals surface area contributed by atoms with Gasteiger partial charge in [0.25, 0.3) is 0 Å². The van der Waals surface area contributed by atoms with Crippen LogP contribution in [0.3, 0.4) is 0 Å². The fourth-order valence-electron chi connectivity index (χ4n) is 2.42. The van der Waals surface area contributed by atoms with Crippen LogP contribution in [0.25, 0.3) is 16.7 Å². The Labute approximate surface area is 107 Å². The molecule has 2 nitrogen and oxygen atoms in total. The van der Waals surface area contributed by atoms with Crippen LogP contribution in [0.4, 0.5) is 0 Å². The summed E-state index contributed by atoms with van der Waals surface area (Å²) in [5.74, 6) is 0. The number of nitrogens with zero attached hydrogens (tertiary/aromatic N) is 2. The van der Waals surface area contributed by atoms with Gasteiger partial charge in [0.05, 0.1) is 11.0 Å². The van der Waals surface area contributed by atoms with Crippen molar-refractivity contribution in [2.24, 2.45) is 0 Å². The van der Waals surface area contributed by atoms with Gasteiger partial charge in [0.15, 0.2) is 0 Å². The van der Waals surface area contributed by atoms with Gasteiger partial charge in [-0.25, -0.2) is 4.98 Å². The van der Waals surface area contributed by atoms with Crippen LogP contribution in [0.1, 0.15) is 16.7 Å². The van der Waals surface area contributed by atoms with Crippen LogP contribution < -0.4 is 0 Å². The van der Waals surface area contributed by atoms with Crippen molar-refractivity contribution in [3.8, 4) is 5.69 Å². The zero-order valence-electron chi connectivity index (χ0n) is 10.9. The fourth-order valence-corrected chi connectivity index (χ4v) is 2.42. The van der Waals surface area contributed by atoms with Gasteiger partial charge in [-0.1, -0.05) is 12.1 Å². The third-order valence-corrected chi connectivity index (χ3v) is 3.19. The van der Waals surface area contributed by atoms with Gasteiger partial charge in [0, 0.05) is 5.69 Å². The summed E-state index contributed by atoms with van der Waals surface area (Å²) in [5.41, 5.74) is 7.18.